The lowest BCUT2D eigenvalue weighted by atomic mass is 9.88. The fourth-order valence-electron chi connectivity index (χ4n) is 4.21. The van der Waals surface area contributed by atoms with E-state index in [2.05, 4.69) is 0 Å². The molecule has 20 heavy (non-hydrogen) atoms. The highest BCUT2D eigenvalue weighted by atomic mass is 16.2. The van der Waals surface area contributed by atoms with Crippen molar-refractivity contribution in [3.63, 3.8) is 0 Å². The van der Waals surface area contributed by atoms with Crippen LogP contribution >= 0.6 is 0 Å². The molecule has 2 bridgehead atoms. The van der Waals surface area contributed by atoms with Gasteiger partial charge in [0.1, 0.15) is 0 Å². The van der Waals surface area contributed by atoms with Crippen LogP contribution in [0.4, 0.5) is 5.69 Å². The van der Waals surface area contributed by atoms with Gasteiger partial charge in [0.15, 0.2) is 0 Å². The summed E-state index contributed by atoms with van der Waals surface area (Å²) in [5.74, 6) is 2.55. The van der Waals surface area contributed by atoms with E-state index in [0.717, 1.165) is 23.9 Å². The molecule has 0 aromatic heterocycles. The average Bonchev–Trinajstić information content (AvgIpc) is 3.00. The lowest BCUT2D eigenvalue weighted by molar-refractivity contribution is 0.0754. The molecule has 0 spiro atoms. The number of nitrogen functional groups attached to an aromatic ring is 1. The summed E-state index contributed by atoms with van der Waals surface area (Å²) in [4.78, 5) is 14.5. The van der Waals surface area contributed by atoms with Crippen LogP contribution in [0.1, 0.15) is 41.6 Å². The van der Waals surface area contributed by atoms with Crippen LogP contribution in [0.3, 0.4) is 0 Å². The minimum absolute atomic E-state index is 0.0726. The van der Waals surface area contributed by atoms with Crippen molar-refractivity contribution >= 4 is 11.6 Å². The van der Waals surface area contributed by atoms with Crippen LogP contribution in [0.2, 0.25) is 0 Å². The highest BCUT2D eigenvalue weighted by Crippen LogP contribution is 2.48. The van der Waals surface area contributed by atoms with Crippen LogP contribution in [0.15, 0.2) is 18.2 Å². The molecule has 3 atom stereocenters. The molecule has 1 aromatic rings. The second-order valence-corrected chi connectivity index (χ2v) is 6.66. The van der Waals surface area contributed by atoms with Gasteiger partial charge in [-0.25, -0.2) is 0 Å². The minimum Gasteiger partial charge on any atom is -0.398 e. The summed E-state index contributed by atoms with van der Waals surface area (Å²) in [6.45, 7) is 2.84. The smallest absolute Gasteiger partial charge is 0.255 e. The second-order valence-electron chi connectivity index (χ2n) is 6.66. The van der Waals surface area contributed by atoms with Crippen LogP contribution in [0.25, 0.3) is 0 Å². The second kappa shape index (κ2) is 5.12. The van der Waals surface area contributed by atoms with Crippen LogP contribution < -0.4 is 5.73 Å². The predicted octanol–water partition coefficient (Wildman–Crippen LogP) is 3.09. The Balaban J connectivity index is 1.71. The number of nitrogens with two attached hydrogens (primary N) is 1. The number of hydrogen-bond acceptors (Lipinski definition) is 2. The summed E-state index contributed by atoms with van der Waals surface area (Å²) >= 11 is 0. The number of anilines is 1. The summed E-state index contributed by atoms with van der Waals surface area (Å²) in [6, 6.07) is 5.66. The Labute approximate surface area is 121 Å². The van der Waals surface area contributed by atoms with E-state index in [4.69, 9.17) is 5.73 Å². The molecule has 0 heterocycles. The molecule has 2 N–H and O–H groups in total. The number of nitrogens with zero attached hydrogens (tertiary/aromatic N) is 1. The van der Waals surface area contributed by atoms with Crippen molar-refractivity contribution in [2.45, 2.75) is 32.6 Å². The molecule has 3 heteroatoms. The zero-order valence-electron chi connectivity index (χ0n) is 12.4. The Hall–Kier alpha value is -1.51. The first-order valence-electron chi connectivity index (χ1n) is 7.66. The number of carbonyl (C=O) groups is 1. The summed E-state index contributed by atoms with van der Waals surface area (Å²) < 4.78 is 0. The first kappa shape index (κ1) is 13.5. The van der Waals surface area contributed by atoms with Crippen LogP contribution in [0, 0.1) is 24.7 Å². The molecule has 0 aliphatic heterocycles. The molecular formula is C17H24N2O. The summed E-state index contributed by atoms with van der Waals surface area (Å²) in [5.41, 5.74) is 8.22. The normalized spacial score (nSPS) is 27.8. The number of hydrogen-bond donors (Lipinski definition) is 1. The standard InChI is InChI=1S/C17H24N2O/c1-11-4-3-5-15(18)16(11)17(20)19(2)10-14-9-12-6-7-13(14)8-12/h3-5,12-14H,6-10,18H2,1-2H3. The van der Waals surface area contributed by atoms with E-state index in [1.54, 1.807) is 0 Å². The molecule has 2 aliphatic carbocycles. The predicted molar refractivity (Wildman–Crippen MR) is 81.5 cm³/mol. The zero-order chi connectivity index (χ0) is 14.3. The van der Waals surface area contributed by atoms with Gasteiger partial charge in [-0.2, -0.15) is 0 Å². The maximum Gasteiger partial charge on any atom is 0.255 e. The fraction of sp³-hybridized carbons (Fsp3) is 0.588. The van der Waals surface area contributed by atoms with Crippen molar-refractivity contribution in [3.05, 3.63) is 29.3 Å². The van der Waals surface area contributed by atoms with Gasteiger partial charge in [-0.15, -0.1) is 0 Å². The summed E-state index contributed by atoms with van der Waals surface area (Å²) in [5, 5.41) is 0. The quantitative estimate of drug-likeness (QED) is 0.859. The van der Waals surface area contributed by atoms with Crippen molar-refractivity contribution in [3.8, 4) is 0 Å². The van der Waals surface area contributed by atoms with E-state index in [1.165, 1.54) is 25.7 Å². The molecule has 2 aliphatic rings. The Morgan fingerprint density at radius 2 is 2.15 bits per heavy atom. The van der Waals surface area contributed by atoms with Gasteiger partial charge in [0, 0.05) is 19.3 Å². The molecule has 0 radical (unpaired) electrons. The number of rotatable bonds is 3. The maximum atomic E-state index is 12.6. The van der Waals surface area contributed by atoms with Gasteiger partial charge in [0.25, 0.3) is 5.91 Å². The molecular weight excluding hydrogens is 248 g/mol. The third-order valence-corrected chi connectivity index (χ3v) is 5.26. The van der Waals surface area contributed by atoms with E-state index < -0.39 is 0 Å². The fourth-order valence-corrected chi connectivity index (χ4v) is 4.21. The Kier molecular flexibility index (Phi) is 3.45. The molecule has 108 valence electrons. The third kappa shape index (κ3) is 2.30. The number of fused-ring (bicyclic) bond motifs is 2. The van der Waals surface area contributed by atoms with Crippen molar-refractivity contribution in [2.75, 3.05) is 19.3 Å². The Bertz CT molecular complexity index is 505. The molecule has 3 rings (SSSR count). The number of aryl methyl sites for hydroxylation is 1. The van der Waals surface area contributed by atoms with Gasteiger partial charge in [-0.3, -0.25) is 4.79 Å². The molecule has 3 unspecified atom stereocenters. The van der Waals surface area contributed by atoms with Crippen LogP contribution in [-0.4, -0.2) is 24.4 Å². The van der Waals surface area contributed by atoms with Gasteiger partial charge in [0.05, 0.1) is 5.56 Å². The molecule has 1 aromatic carbocycles. The maximum absolute atomic E-state index is 12.6. The number of carbonyl (C=O) groups excluding carboxylic acids is 1. The highest BCUT2D eigenvalue weighted by molar-refractivity contribution is 6.00. The first-order chi connectivity index (χ1) is 9.56. The van der Waals surface area contributed by atoms with Crippen molar-refractivity contribution in [2.24, 2.45) is 17.8 Å². The van der Waals surface area contributed by atoms with Gasteiger partial charge < -0.3 is 10.6 Å². The van der Waals surface area contributed by atoms with E-state index in [1.807, 2.05) is 37.1 Å². The Morgan fingerprint density at radius 1 is 1.35 bits per heavy atom. The SMILES string of the molecule is Cc1cccc(N)c1C(=O)N(C)CC1CC2CCC1C2. The van der Waals surface area contributed by atoms with Gasteiger partial charge in [-0.05, 0) is 55.6 Å². The molecule has 0 saturated heterocycles. The minimum atomic E-state index is 0.0726. The van der Waals surface area contributed by atoms with E-state index >= 15 is 0 Å². The lowest BCUT2D eigenvalue weighted by Gasteiger charge is -2.28. The molecule has 3 nitrogen and oxygen atoms in total. The third-order valence-electron chi connectivity index (χ3n) is 5.26. The van der Waals surface area contributed by atoms with Gasteiger partial charge in [-0.1, -0.05) is 18.6 Å². The molecule has 2 saturated carbocycles. The number of amides is 1. The van der Waals surface area contributed by atoms with Gasteiger partial charge in [0.2, 0.25) is 0 Å². The number of benzene rings is 1. The molecule has 1 amide bonds. The highest BCUT2D eigenvalue weighted by Gasteiger charge is 2.40. The zero-order valence-corrected chi connectivity index (χ0v) is 12.4. The molecule has 2 fully saturated rings. The van der Waals surface area contributed by atoms with E-state index in [-0.39, 0.29) is 5.91 Å². The largest absolute Gasteiger partial charge is 0.398 e. The van der Waals surface area contributed by atoms with Crippen molar-refractivity contribution in [1.82, 2.24) is 4.90 Å². The summed E-state index contributed by atoms with van der Waals surface area (Å²) in [6.07, 6.45) is 5.47. The first-order valence-corrected chi connectivity index (χ1v) is 7.66. The van der Waals surface area contributed by atoms with Crippen molar-refractivity contribution in [1.29, 1.82) is 0 Å². The topological polar surface area (TPSA) is 46.3 Å². The Morgan fingerprint density at radius 3 is 2.75 bits per heavy atom. The average molecular weight is 272 g/mol. The van der Waals surface area contributed by atoms with Crippen LogP contribution in [-0.2, 0) is 0 Å². The lowest BCUT2D eigenvalue weighted by Crippen LogP contribution is -2.34. The monoisotopic (exact) mass is 272 g/mol. The van der Waals surface area contributed by atoms with E-state index in [0.29, 0.717) is 17.2 Å². The van der Waals surface area contributed by atoms with Crippen LogP contribution in [0.5, 0.6) is 0 Å². The van der Waals surface area contributed by atoms with E-state index in [9.17, 15) is 4.79 Å². The van der Waals surface area contributed by atoms with Gasteiger partial charge >= 0.3 is 0 Å². The van der Waals surface area contributed by atoms with Crippen molar-refractivity contribution < 1.29 is 4.79 Å². The summed E-state index contributed by atoms with van der Waals surface area (Å²) in [7, 11) is 1.92.